The van der Waals surface area contributed by atoms with Gasteiger partial charge in [0.2, 0.25) is 33.5 Å². The SMILES string of the molecule is CCC(N(C(=O)O)c1occc(=O)c1OCc1ccccc1)C(C(CC)N(C(=O)O)c1occc(=O)c1OCc1ccccc1)(C(CC)N(C(=O)O)c1occc(=O)c1OCc1ccccc1)[N+](=O)[O-]. The third kappa shape index (κ3) is 10.5. The van der Waals surface area contributed by atoms with Crippen LogP contribution in [0.1, 0.15) is 56.7 Å². The molecular weight excluding hydrogens is 917 g/mol. The molecule has 0 spiro atoms. The monoisotopic (exact) mass is 964 g/mol. The van der Waals surface area contributed by atoms with Crippen molar-refractivity contribution in [3.8, 4) is 17.2 Å². The molecule has 6 rings (SSSR count). The standard InChI is InChI=1S/C49H48N4O17/c1-4-37(50(46(57)58)43-40(34(54)22-25-65-43)68-28-31-16-10-7-11-17-31)49(53(63)64,38(5-2)51(47(59)60)44-41(35(55)23-26-66-44)69-29-32-18-12-8-13-19-32)39(6-3)52(48(61)62)45-42(36(56)24-27-67-45)70-30-33-20-14-9-15-21-33/h7-27,37-39H,4-6,28-30H2,1-3H3,(H,57,58)(H,59,60)(H,61,62). The fraction of sp³-hybridized carbons (Fsp3) is 0.265. The molecule has 3 amide bonds. The highest BCUT2D eigenvalue weighted by Gasteiger charge is 2.69. The molecule has 0 saturated carbocycles. The fourth-order valence-corrected chi connectivity index (χ4v) is 8.54. The van der Waals surface area contributed by atoms with Crippen LogP contribution in [-0.2, 0) is 19.8 Å². The molecule has 366 valence electrons. The second-order valence-electron chi connectivity index (χ2n) is 15.5. The van der Waals surface area contributed by atoms with Crippen molar-refractivity contribution < 1.29 is 62.1 Å². The number of amides is 3. The average molecular weight is 965 g/mol. The van der Waals surface area contributed by atoms with Gasteiger partial charge in [0.25, 0.3) is 23.2 Å². The summed E-state index contributed by atoms with van der Waals surface area (Å²) in [7, 11) is 0. The Bertz CT molecular complexity index is 2640. The zero-order valence-corrected chi connectivity index (χ0v) is 37.9. The predicted molar refractivity (Wildman–Crippen MR) is 251 cm³/mol. The molecule has 3 heterocycles. The molecule has 21 heteroatoms. The van der Waals surface area contributed by atoms with E-state index in [-0.39, 0.29) is 19.8 Å². The van der Waals surface area contributed by atoms with Crippen molar-refractivity contribution in [3.63, 3.8) is 0 Å². The van der Waals surface area contributed by atoms with Gasteiger partial charge >= 0.3 is 18.3 Å². The lowest BCUT2D eigenvalue weighted by Crippen LogP contribution is -2.77. The summed E-state index contributed by atoms with van der Waals surface area (Å²) in [5, 5.41) is 48.7. The Kier molecular flexibility index (Phi) is 16.4. The molecule has 0 aliphatic carbocycles. The summed E-state index contributed by atoms with van der Waals surface area (Å²) in [6.45, 7) is 2.90. The zero-order valence-electron chi connectivity index (χ0n) is 37.9. The maximum atomic E-state index is 14.9. The van der Waals surface area contributed by atoms with Crippen molar-refractivity contribution in [3.05, 3.63) is 185 Å². The number of hydrogen-bond acceptors (Lipinski definition) is 14. The van der Waals surface area contributed by atoms with Crippen LogP contribution in [0.3, 0.4) is 0 Å². The van der Waals surface area contributed by atoms with E-state index < -0.39 is 117 Å². The van der Waals surface area contributed by atoms with E-state index in [9.17, 15) is 54.2 Å². The molecule has 3 aromatic heterocycles. The van der Waals surface area contributed by atoms with E-state index in [0.29, 0.717) is 31.4 Å². The molecule has 3 atom stereocenters. The molecule has 3 aromatic carbocycles. The van der Waals surface area contributed by atoms with Gasteiger partial charge in [0.05, 0.1) is 18.8 Å². The van der Waals surface area contributed by atoms with Crippen LogP contribution in [0.5, 0.6) is 17.2 Å². The van der Waals surface area contributed by atoms with Gasteiger partial charge in [0.1, 0.15) is 37.9 Å². The van der Waals surface area contributed by atoms with Crippen molar-refractivity contribution in [2.45, 2.75) is 83.5 Å². The summed E-state index contributed by atoms with van der Waals surface area (Å²) in [6, 6.07) is 21.0. The molecule has 70 heavy (non-hydrogen) atoms. The van der Waals surface area contributed by atoms with Crippen molar-refractivity contribution in [1.82, 2.24) is 0 Å². The first-order chi connectivity index (χ1) is 33.7. The van der Waals surface area contributed by atoms with Gasteiger partial charge in [-0.05, 0) is 36.0 Å². The fourth-order valence-electron chi connectivity index (χ4n) is 8.54. The van der Waals surface area contributed by atoms with Gasteiger partial charge in [0, 0.05) is 23.1 Å². The van der Waals surface area contributed by atoms with Crippen LogP contribution < -0.4 is 45.2 Å². The largest absolute Gasteiger partial charge is 0.480 e. The second kappa shape index (κ2) is 22.7. The number of ether oxygens (including phenoxy) is 3. The van der Waals surface area contributed by atoms with Crippen molar-refractivity contribution >= 4 is 35.9 Å². The van der Waals surface area contributed by atoms with Crippen molar-refractivity contribution in [2.75, 3.05) is 14.7 Å². The Morgan fingerprint density at radius 1 is 0.514 bits per heavy atom. The molecule has 0 saturated heterocycles. The number of anilines is 3. The Hall–Kier alpha value is -8.88. The number of carbonyl (C=O) groups is 3. The topological polar surface area (TPSA) is 283 Å². The van der Waals surface area contributed by atoms with Gasteiger partial charge in [-0.2, -0.15) is 0 Å². The van der Waals surface area contributed by atoms with E-state index in [4.69, 9.17) is 27.5 Å². The molecule has 0 radical (unpaired) electrons. The van der Waals surface area contributed by atoms with Crippen LogP contribution in [0.15, 0.2) is 156 Å². The van der Waals surface area contributed by atoms with Crippen LogP contribution in [0.2, 0.25) is 0 Å². The van der Waals surface area contributed by atoms with Gasteiger partial charge in [-0.3, -0.25) is 24.5 Å². The minimum atomic E-state index is -3.32. The molecule has 0 bridgehead atoms. The highest BCUT2D eigenvalue weighted by molar-refractivity contribution is 5.90. The van der Waals surface area contributed by atoms with Crippen LogP contribution in [0, 0.1) is 10.1 Å². The number of nitro groups is 1. The summed E-state index contributed by atoms with van der Waals surface area (Å²) in [5.41, 5.74) is -4.57. The van der Waals surface area contributed by atoms with E-state index in [0.717, 1.165) is 37.0 Å². The van der Waals surface area contributed by atoms with E-state index in [1.807, 2.05) is 0 Å². The lowest BCUT2D eigenvalue weighted by molar-refractivity contribution is -0.581. The summed E-state index contributed by atoms with van der Waals surface area (Å²) in [4.78, 5) is 97.7. The third-order valence-electron chi connectivity index (χ3n) is 11.4. The van der Waals surface area contributed by atoms with E-state index >= 15 is 0 Å². The quantitative estimate of drug-likeness (QED) is 0.0424. The molecule has 0 fully saturated rings. The van der Waals surface area contributed by atoms with Crippen LogP contribution in [0.4, 0.5) is 32.0 Å². The molecule has 6 aromatic rings. The summed E-state index contributed by atoms with van der Waals surface area (Å²) >= 11 is 0. The number of rotatable bonds is 22. The van der Waals surface area contributed by atoms with Gasteiger partial charge in [-0.1, -0.05) is 112 Å². The minimum absolute atomic E-state index is 0.303. The first kappa shape index (κ1) is 50.5. The molecule has 21 nitrogen and oxygen atoms in total. The normalized spacial score (nSPS) is 13.1. The van der Waals surface area contributed by atoms with Gasteiger partial charge in [-0.15, -0.1) is 0 Å². The Labute approximate surface area is 398 Å². The first-order valence-corrected chi connectivity index (χ1v) is 21.8. The molecule has 3 unspecified atom stereocenters. The second-order valence-corrected chi connectivity index (χ2v) is 15.5. The highest BCUT2D eigenvalue weighted by atomic mass is 16.6. The van der Waals surface area contributed by atoms with E-state index in [1.54, 1.807) is 91.0 Å². The third-order valence-corrected chi connectivity index (χ3v) is 11.4. The average Bonchev–Trinajstić information content (AvgIpc) is 3.34. The van der Waals surface area contributed by atoms with Gasteiger partial charge < -0.3 is 42.8 Å². The number of nitrogens with zero attached hydrogens (tertiary/aromatic N) is 4. The first-order valence-electron chi connectivity index (χ1n) is 21.8. The number of benzene rings is 3. The highest BCUT2D eigenvalue weighted by Crippen LogP contribution is 2.46. The summed E-state index contributed by atoms with van der Waals surface area (Å²) in [6.07, 6.45) is -5.50. The maximum absolute atomic E-state index is 14.9. The van der Waals surface area contributed by atoms with Crippen LogP contribution in [0.25, 0.3) is 0 Å². The summed E-state index contributed by atoms with van der Waals surface area (Å²) < 4.78 is 34.8. The van der Waals surface area contributed by atoms with E-state index in [1.165, 1.54) is 20.8 Å². The van der Waals surface area contributed by atoms with Crippen molar-refractivity contribution in [1.29, 1.82) is 0 Å². The Morgan fingerprint density at radius 3 is 0.986 bits per heavy atom. The number of hydrogen-bond donors (Lipinski definition) is 3. The maximum Gasteiger partial charge on any atom is 0.414 e. The van der Waals surface area contributed by atoms with Crippen LogP contribution >= 0.6 is 0 Å². The minimum Gasteiger partial charge on any atom is -0.480 e. The predicted octanol–water partition coefficient (Wildman–Crippen LogP) is 8.49. The molecule has 0 aliphatic heterocycles. The summed E-state index contributed by atoms with van der Waals surface area (Å²) in [5.74, 6) is -4.86. The lowest BCUT2D eigenvalue weighted by Gasteiger charge is -2.49. The lowest BCUT2D eigenvalue weighted by atomic mass is 9.71. The zero-order chi connectivity index (χ0) is 50.5. The Morgan fingerprint density at radius 2 is 0.771 bits per heavy atom. The Balaban J connectivity index is 1.68. The molecule has 0 aliphatic rings. The van der Waals surface area contributed by atoms with Crippen molar-refractivity contribution in [2.24, 2.45) is 0 Å². The number of carboxylic acid groups (broad SMARTS) is 3. The molecular formula is C49H48N4O17. The van der Waals surface area contributed by atoms with Gasteiger partial charge in [0.15, 0.2) is 0 Å². The van der Waals surface area contributed by atoms with Crippen LogP contribution in [-0.4, -0.2) is 62.2 Å². The van der Waals surface area contributed by atoms with Gasteiger partial charge in [-0.25, -0.2) is 29.1 Å². The molecule has 3 N–H and O–H groups in total. The van der Waals surface area contributed by atoms with E-state index in [2.05, 4.69) is 0 Å². The smallest absolute Gasteiger partial charge is 0.414 e.